The van der Waals surface area contributed by atoms with E-state index in [1.165, 1.54) is 29.5 Å². The number of hydrogen-bond acceptors (Lipinski definition) is 7. The number of amides is 1. The molecule has 4 rings (SSSR count). The van der Waals surface area contributed by atoms with Crippen LogP contribution in [0.2, 0.25) is 0 Å². The van der Waals surface area contributed by atoms with Crippen molar-refractivity contribution in [3.63, 3.8) is 0 Å². The monoisotopic (exact) mass is 452 g/mol. The summed E-state index contributed by atoms with van der Waals surface area (Å²) in [6.45, 7) is 4.77. The normalized spacial score (nSPS) is 14.8. The number of para-hydroxylation sites is 1. The van der Waals surface area contributed by atoms with Gasteiger partial charge in [0.15, 0.2) is 5.13 Å². The highest BCUT2D eigenvalue weighted by atomic mass is 32.1. The molecule has 0 bridgehead atoms. The summed E-state index contributed by atoms with van der Waals surface area (Å²) in [6, 6.07) is 14.0. The minimum absolute atomic E-state index is 0.0210. The number of thiazole rings is 1. The standard InChI is InChI=1S/C23H24N4O4S/c28-22(11-8-18-6-9-19(10-7-18)27(29)30)26(13-3-12-25-14-16-31-17-15-25)23-24-20-4-1-2-5-21(20)32-23/h1-2,4-11H,3,12-17H2/b11-8+. The quantitative estimate of drug-likeness (QED) is 0.292. The molecular weight excluding hydrogens is 428 g/mol. The molecule has 0 saturated carbocycles. The van der Waals surface area contributed by atoms with Gasteiger partial charge in [-0.15, -0.1) is 0 Å². The smallest absolute Gasteiger partial charge is 0.269 e. The number of nitro benzene ring substituents is 1. The molecule has 2 heterocycles. The van der Waals surface area contributed by atoms with Gasteiger partial charge < -0.3 is 4.74 Å². The second kappa shape index (κ2) is 10.4. The SMILES string of the molecule is O=C(/C=C/c1ccc([N+](=O)[O-])cc1)N(CCCN1CCOCC1)c1nc2ccccc2s1. The van der Waals surface area contributed by atoms with Gasteiger partial charge in [0.25, 0.3) is 11.6 Å². The molecule has 0 unspecified atom stereocenters. The predicted molar refractivity (Wildman–Crippen MR) is 126 cm³/mol. The second-order valence-electron chi connectivity index (χ2n) is 7.44. The van der Waals surface area contributed by atoms with E-state index < -0.39 is 4.92 Å². The molecular formula is C23H24N4O4S. The molecule has 8 nitrogen and oxygen atoms in total. The number of morpholine rings is 1. The summed E-state index contributed by atoms with van der Waals surface area (Å²) in [7, 11) is 0. The van der Waals surface area contributed by atoms with Crippen LogP contribution in [0.25, 0.3) is 16.3 Å². The molecule has 1 aliphatic rings. The number of benzene rings is 2. The summed E-state index contributed by atoms with van der Waals surface area (Å²) < 4.78 is 6.44. The molecule has 3 aromatic rings. The van der Waals surface area contributed by atoms with Gasteiger partial charge in [-0.2, -0.15) is 0 Å². The lowest BCUT2D eigenvalue weighted by Crippen LogP contribution is -2.39. The average Bonchev–Trinajstić information content (AvgIpc) is 3.25. The Hall–Kier alpha value is -3.14. The number of anilines is 1. The Morgan fingerprint density at radius 2 is 1.94 bits per heavy atom. The first kappa shape index (κ1) is 22.1. The lowest BCUT2D eigenvalue weighted by molar-refractivity contribution is -0.384. The number of fused-ring (bicyclic) bond motifs is 1. The zero-order valence-electron chi connectivity index (χ0n) is 17.6. The Bertz CT molecular complexity index is 1070. The van der Waals surface area contributed by atoms with E-state index in [9.17, 15) is 14.9 Å². The first-order valence-electron chi connectivity index (χ1n) is 10.5. The van der Waals surface area contributed by atoms with Gasteiger partial charge in [-0.25, -0.2) is 4.98 Å². The van der Waals surface area contributed by atoms with Crippen LogP contribution in [0.4, 0.5) is 10.8 Å². The largest absolute Gasteiger partial charge is 0.379 e. The zero-order valence-corrected chi connectivity index (χ0v) is 18.4. The van der Waals surface area contributed by atoms with E-state index in [2.05, 4.69) is 9.88 Å². The van der Waals surface area contributed by atoms with Crippen LogP contribution < -0.4 is 4.90 Å². The van der Waals surface area contributed by atoms with Gasteiger partial charge in [-0.3, -0.25) is 24.7 Å². The van der Waals surface area contributed by atoms with Crippen LogP contribution in [-0.4, -0.2) is 60.1 Å². The number of ether oxygens (including phenoxy) is 1. The van der Waals surface area contributed by atoms with Crippen LogP contribution in [0.1, 0.15) is 12.0 Å². The lowest BCUT2D eigenvalue weighted by atomic mass is 10.2. The van der Waals surface area contributed by atoms with Gasteiger partial charge >= 0.3 is 0 Å². The molecule has 0 N–H and O–H groups in total. The van der Waals surface area contributed by atoms with Gasteiger partial charge in [-0.1, -0.05) is 23.5 Å². The Morgan fingerprint density at radius 1 is 1.19 bits per heavy atom. The van der Waals surface area contributed by atoms with E-state index in [4.69, 9.17) is 4.74 Å². The minimum Gasteiger partial charge on any atom is -0.379 e. The maximum atomic E-state index is 13.1. The molecule has 0 spiro atoms. The fraction of sp³-hybridized carbons (Fsp3) is 0.304. The summed E-state index contributed by atoms with van der Waals surface area (Å²) >= 11 is 1.50. The number of nitro groups is 1. The molecule has 1 saturated heterocycles. The van der Waals surface area contributed by atoms with Gasteiger partial charge in [0, 0.05) is 44.4 Å². The number of non-ortho nitro benzene ring substituents is 1. The fourth-order valence-corrected chi connectivity index (χ4v) is 4.51. The van der Waals surface area contributed by atoms with Crippen molar-refractivity contribution in [2.24, 2.45) is 0 Å². The summed E-state index contributed by atoms with van der Waals surface area (Å²) in [5.74, 6) is -0.163. The third-order valence-electron chi connectivity index (χ3n) is 5.26. The maximum Gasteiger partial charge on any atom is 0.269 e. The Balaban J connectivity index is 1.49. The van der Waals surface area contributed by atoms with Crippen molar-refractivity contribution in [2.45, 2.75) is 6.42 Å². The molecule has 0 atom stereocenters. The van der Waals surface area contributed by atoms with Gasteiger partial charge in [-0.05, 0) is 42.3 Å². The minimum atomic E-state index is -0.442. The first-order valence-corrected chi connectivity index (χ1v) is 11.3. The number of hydrogen-bond donors (Lipinski definition) is 0. The van der Waals surface area contributed by atoms with Crippen LogP contribution in [0.5, 0.6) is 0 Å². The highest BCUT2D eigenvalue weighted by Gasteiger charge is 2.19. The molecule has 9 heteroatoms. The highest BCUT2D eigenvalue weighted by molar-refractivity contribution is 7.22. The molecule has 1 fully saturated rings. The third-order valence-corrected chi connectivity index (χ3v) is 6.32. The predicted octanol–water partition coefficient (Wildman–Crippen LogP) is 3.97. The van der Waals surface area contributed by atoms with Crippen molar-refractivity contribution in [3.05, 3.63) is 70.3 Å². The van der Waals surface area contributed by atoms with Crippen LogP contribution >= 0.6 is 11.3 Å². The fourth-order valence-electron chi connectivity index (χ4n) is 3.52. The van der Waals surface area contributed by atoms with Crippen LogP contribution in [-0.2, 0) is 9.53 Å². The van der Waals surface area contributed by atoms with Crippen LogP contribution in [0.3, 0.4) is 0 Å². The lowest BCUT2D eigenvalue weighted by Gasteiger charge is -2.27. The molecule has 32 heavy (non-hydrogen) atoms. The molecule has 0 radical (unpaired) electrons. The molecule has 1 amide bonds. The third kappa shape index (κ3) is 5.56. The van der Waals surface area contributed by atoms with Crippen molar-refractivity contribution >= 4 is 44.4 Å². The number of carbonyl (C=O) groups excluding carboxylic acids is 1. The molecule has 2 aromatic carbocycles. The van der Waals surface area contributed by atoms with E-state index in [0.29, 0.717) is 11.7 Å². The topological polar surface area (TPSA) is 88.8 Å². The van der Waals surface area contributed by atoms with Crippen molar-refractivity contribution in [2.75, 3.05) is 44.3 Å². The van der Waals surface area contributed by atoms with Gasteiger partial charge in [0.2, 0.25) is 0 Å². The van der Waals surface area contributed by atoms with E-state index in [1.54, 1.807) is 23.1 Å². The van der Waals surface area contributed by atoms with Crippen LogP contribution in [0, 0.1) is 10.1 Å². The number of rotatable bonds is 8. The summed E-state index contributed by atoms with van der Waals surface area (Å²) in [4.78, 5) is 32.2. The second-order valence-corrected chi connectivity index (χ2v) is 8.45. The number of aromatic nitrogens is 1. The summed E-state index contributed by atoms with van der Waals surface area (Å²) in [5, 5.41) is 11.5. The highest BCUT2D eigenvalue weighted by Crippen LogP contribution is 2.29. The molecule has 166 valence electrons. The van der Waals surface area contributed by atoms with E-state index >= 15 is 0 Å². The zero-order chi connectivity index (χ0) is 22.3. The van der Waals surface area contributed by atoms with Crippen molar-refractivity contribution in [3.8, 4) is 0 Å². The van der Waals surface area contributed by atoms with Gasteiger partial charge in [0.1, 0.15) is 0 Å². The van der Waals surface area contributed by atoms with Gasteiger partial charge in [0.05, 0.1) is 28.4 Å². The van der Waals surface area contributed by atoms with Crippen LogP contribution in [0.15, 0.2) is 54.6 Å². The van der Waals surface area contributed by atoms with Crippen molar-refractivity contribution in [1.82, 2.24) is 9.88 Å². The maximum absolute atomic E-state index is 13.1. The van der Waals surface area contributed by atoms with Crippen molar-refractivity contribution < 1.29 is 14.5 Å². The molecule has 1 aliphatic heterocycles. The Labute approximate surface area is 189 Å². The Kier molecular flexibility index (Phi) is 7.21. The number of nitrogens with zero attached hydrogens (tertiary/aromatic N) is 4. The van der Waals surface area contributed by atoms with E-state index in [-0.39, 0.29) is 11.6 Å². The first-order chi connectivity index (χ1) is 15.6. The summed E-state index contributed by atoms with van der Waals surface area (Å²) in [5.41, 5.74) is 1.62. The Morgan fingerprint density at radius 3 is 2.66 bits per heavy atom. The van der Waals surface area contributed by atoms with Crippen molar-refractivity contribution in [1.29, 1.82) is 0 Å². The van der Waals surface area contributed by atoms with E-state index in [0.717, 1.165) is 55.0 Å². The molecule has 1 aromatic heterocycles. The van der Waals surface area contributed by atoms with E-state index in [1.807, 2.05) is 24.3 Å². The summed E-state index contributed by atoms with van der Waals surface area (Å²) in [6.07, 6.45) is 4.00. The average molecular weight is 453 g/mol. The molecule has 0 aliphatic carbocycles. The number of carbonyl (C=O) groups is 1.